The van der Waals surface area contributed by atoms with Crippen molar-refractivity contribution in [1.82, 2.24) is 15.1 Å². The van der Waals surface area contributed by atoms with Crippen LogP contribution in [-0.4, -0.2) is 72.2 Å². The Kier molecular flexibility index (Phi) is 6.88. The van der Waals surface area contributed by atoms with Gasteiger partial charge in [0, 0.05) is 62.5 Å². The summed E-state index contributed by atoms with van der Waals surface area (Å²) in [6, 6.07) is 8.51. The lowest BCUT2D eigenvalue weighted by atomic mass is 9.93. The van der Waals surface area contributed by atoms with Gasteiger partial charge in [-0.05, 0) is 58.0 Å². The molecule has 1 atom stereocenters. The molecule has 6 nitrogen and oxygen atoms in total. The predicted molar refractivity (Wildman–Crippen MR) is 122 cm³/mol. The van der Waals surface area contributed by atoms with Gasteiger partial charge in [-0.2, -0.15) is 0 Å². The summed E-state index contributed by atoms with van der Waals surface area (Å²) in [5.41, 5.74) is 1.20. The second-order valence-electron chi connectivity index (χ2n) is 8.73. The molecule has 0 saturated carbocycles. The summed E-state index contributed by atoms with van der Waals surface area (Å²) in [5, 5.41) is 4.23. The molecule has 29 heavy (non-hydrogen) atoms. The number of rotatable bonds is 6. The summed E-state index contributed by atoms with van der Waals surface area (Å²) < 4.78 is 5.32. The number of ether oxygens (including phenoxy) is 1. The van der Waals surface area contributed by atoms with Crippen molar-refractivity contribution in [3.8, 4) is 5.75 Å². The Balaban J connectivity index is 1.42. The molecule has 0 spiro atoms. The van der Waals surface area contributed by atoms with Crippen molar-refractivity contribution < 1.29 is 9.53 Å². The number of hydrogen-bond donors (Lipinski definition) is 1. The Hall–Kier alpha value is -2.02. The zero-order chi connectivity index (χ0) is 21.0. The maximum Gasteiger partial charge on any atom is 0.222 e. The first-order valence-electron chi connectivity index (χ1n) is 10.5. The van der Waals surface area contributed by atoms with Crippen molar-refractivity contribution in [2.75, 3.05) is 44.7 Å². The highest BCUT2D eigenvalue weighted by atomic mass is 32.1. The van der Waals surface area contributed by atoms with E-state index in [2.05, 4.69) is 48.0 Å². The van der Waals surface area contributed by atoms with Crippen LogP contribution in [0.1, 0.15) is 40.0 Å². The van der Waals surface area contributed by atoms with E-state index in [1.54, 1.807) is 7.11 Å². The van der Waals surface area contributed by atoms with E-state index in [1.807, 2.05) is 17.0 Å². The van der Waals surface area contributed by atoms with Crippen LogP contribution >= 0.6 is 12.2 Å². The van der Waals surface area contributed by atoms with Gasteiger partial charge in [0.1, 0.15) is 5.75 Å². The number of thiocarbonyl (C=S) groups is 1. The largest absolute Gasteiger partial charge is 0.497 e. The van der Waals surface area contributed by atoms with Crippen LogP contribution in [0.25, 0.3) is 0 Å². The molecule has 1 aromatic rings. The highest BCUT2D eigenvalue weighted by Crippen LogP contribution is 2.24. The smallest absolute Gasteiger partial charge is 0.222 e. The van der Waals surface area contributed by atoms with E-state index in [0.29, 0.717) is 12.5 Å². The first-order valence-corrected chi connectivity index (χ1v) is 11.0. The molecule has 0 bridgehead atoms. The Morgan fingerprint density at radius 1 is 1.28 bits per heavy atom. The first kappa shape index (κ1) is 21.7. The first-order chi connectivity index (χ1) is 13.8. The Morgan fingerprint density at radius 2 is 2.00 bits per heavy atom. The standard InChI is InChI=1S/C22H34N4O2S/c1-17-16-22(2,3)23-21(29)26(17)10-6-9-20(27)25-13-11-24(12-14-25)18-7-5-8-19(15-18)28-4/h5,7-8,15,17H,6,9-14,16H2,1-4H3,(H,23,29). The zero-order valence-corrected chi connectivity index (χ0v) is 18.9. The molecule has 1 N–H and O–H groups in total. The molecule has 1 unspecified atom stereocenters. The molecular formula is C22H34N4O2S. The van der Waals surface area contributed by atoms with Crippen LogP contribution in [0.5, 0.6) is 5.75 Å². The lowest BCUT2D eigenvalue weighted by molar-refractivity contribution is -0.131. The van der Waals surface area contributed by atoms with E-state index >= 15 is 0 Å². The summed E-state index contributed by atoms with van der Waals surface area (Å²) in [5.74, 6) is 1.11. The van der Waals surface area contributed by atoms with E-state index < -0.39 is 0 Å². The number of nitrogens with one attached hydrogen (secondary N) is 1. The Bertz CT molecular complexity index is 731. The van der Waals surface area contributed by atoms with E-state index in [-0.39, 0.29) is 11.4 Å². The molecular weight excluding hydrogens is 384 g/mol. The fourth-order valence-corrected chi connectivity index (χ4v) is 4.91. The maximum atomic E-state index is 12.7. The summed E-state index contributed by atoms with van der Waals surface area (Å²) in [4.78, 5) is 19.2. The SMILES string of the molecule is COc1cccc(N2CCN(C(=O)CCCN3C(=S)NC(C)(C)CC3C)CC2)c1. The third-order valence-electron chi connectivity index (χ3n) is 5.88. The highest BCUT2D eigenvalue weighted by molar-refractivity contribution is 7.80. The molecule has 1 aromatic carbocycles. The van der Waals surface area contributed by atoms with Crippen molar-refractivity contribution in [3.05, 3.63) is 24.3 Å². The molecule has 0 aromatic heterocycles. The minimum Gasteiger partial charge on any atom is -0.497 e. The van der Waals surface area contributed by atoms with Crippen molar-refractivity contribution in [2.45, 2.75) is 51.6 Å². The van der Waals surface area contributed by atoms with Crippen molar-refractivity contribution in [3.63, 3.8) is 0 Å². The van der Waals surface area contributed by atoms with Crippen LogP contribution in [0.3, 0.4) is 0 Å². The lowest BCUT2D eigenvalue weighted by Gasteiger charge is -2.45. The van der Waals surface area contributed by atoms with Crippen LogP contribution in [0.2, 0.25) is 0 Å². The maximum absolute atomic E-state index is 12.7. The third kappa shape index (κ3) is 5.53. The van der Waals surface area contributed by atoms with Gasteiger partial charge in [0.15, 0.2) is 5.11 Å². The number of hydrogen-bond acceptors (Lipinski definition) is 4. The van der Waals surface area contributed by atoms with E-state index in [4.69, 9.17) is 17.0 Å². The van der Waals surface area contributed by atoms with Gasteiger partial charge in [-0.15, -0.1) is 0 Å². The van der Waals surface area contributed by atoms with Crippen LogP contribution in [-0.2, 0) is 4.79 Å². The van der Waals surface area contributed by atoms with Gasteiger partial charge in [-0.3, -0.25) is 4.79 Å². The number of piperazine rings is 1. The number of amides is 1. The molecule has 2 aliphatic heterocycles. The fourth-order valence-electron chi connectivity index (χ4n) is 4.36. The topological polar surface area (TPSA) is 48.1 Å². The van der Waals surface area contributed by atoms with Crippen molar-refractivity contribution in [1.29, 1.82) is 0 Å². The second-order valence-corrected chi connectivity index (χ2v) is 9.12. The molecule has 2 fully saturated rings. The van der Waals surface area contributed by atoms with Crippen molar-refractivity contribution in [2.24, 2.45) is 0 Å². The summed E-state index contributed by atoms with van der Waals surface area (Å²) in [7, 11) is 1.68. The third-order valence-corrected chi connectivity index (χ3v) is 6.22. The van der Waals surface area contributed by atoms with Crippen molar-refractivity contribution >= 4 is 28.9 Å². The highest BCUT2D eigenvalue weighted by Gasteiger charge is 2.32. The summed E-state index contributed by atoms with van der Waals surface area (Å²) in [6.07, 6.45) is 2.46. The van der Waals surface area contributed by atoms with Crippen LogP contribution < -0.4 is 15.0 Å². The number of benzene rings is 1. The Labute approximate surface area is 180 Å². The van der Waals surface area contributed by atoms with Gasteiger partial charge in [0.2, 0.25) is 5.91 Å². The van der Waals surface area contributed by atoms with Gasteiger partial charge in [0.25, 0.3) is 0 Å². The second kappa shape index (κ2) is 9.20. The minimum absolute atomic E-state index is 0.0469. The van der Waals surface area contributed by atoms with Gasteiger partial charge >= 0.3 is 0 Å². The molecule has 0 radical (unpaired) electrons. The number of methoxy groups -OCH3 is 1. The average molecular weight is 419 g/mol. The van der Waals surface area contributed by atoms with Gasteiger partial charge in [-0.25, -0.2) is 0 Å². The monoisotopic (exact) mass is 418 g/mol. The minimum atomic E-state index is 0.0469. The fraction of sp³-hybridized carbons (Fsp3) is 0.636. The van der Waals surface area contributed by atoms with Crippen LogP contribution in [0.15, 0.2) is 24.3 Å². The molecule has 3 rings (SSSR count). The summed E-state index contributed by atoms with van der Waals surface area (Å²) >= 11 is 5.54. The number of carbonyl (C=O) groups is 1. The molecule has 2 aliphatic rings. The number of nitrogens with zero attached hydrogens (tertiary/aromatic N) is 3. The normalized spacial score (nSPS) is 21.7. The molecule has 160 valence electrons. The molecule has 2 heterocycles. The lowest BCUT2D eigenvalue weighted by Crippen LogP contribution is -2.60. The molecule has 2 saturated heterocycles. The Morgan fingerprint density at radius 3 is 2.66 bits per heavy atom. The summed E-state index contributed by atoms with van der Waals surface area (Å²) in [6.45, 7) is 10.7. The van der Waals surface area contributed by atoms with Gasteiger partial charge in [0.05, 0.1) is 7.11 Å². The molecule has 7 heteroatoms. The molecule has 0 aliphatic carbocycles. The average Bonchev–Trinajstić information content (AvgIpc) is 2.69. The predicted octanol–water partition coefficient (Wildman–Crippen LogP) is 2.87. The van der Waals surface area contributed by atoms with Gasteiger partial charge < -0.3 is 24.8 Å². The van der Waals surface area contributed by atoms with Crippen LogP contribution in [0.4, 0.5) is 5.69 Å². The van der Waals surface area contributed by atoms with E-state index in [9.17, 15) is 4.79 Å². The van der Waals surface area contributed by atoms with Gasteiger partial charge in [-0.1, -0.05) is 6.07 Å². The van der Waals surface area contributed by atoms with Crippen LogP contribution in [0, 0.1) is 0 Å². The molecule has 1 amide bonds. The quantitative estimate of drug-likeness (QED) is 0.717. The number of anilines is 1. The van der Waals surface area contributed by atoms with E-state index in [1.165, 1.54) is 0 Å². The number of carbonyl (C=O) groups excluding carboxylic acids is 1. The van der Waals surface area contributed by atoms with E-state index in [0.717, 1.165) is 62.1 Å². The zero-order valence-electron chi connectivity index (χ0n) is 18.1.